The molecule has 0 saturated carbocycles. The Hall–Kier alpha value is -2.93. The fraction of sp³-hybridized carbons (Fsp3) is 0.211. The first kappa shape index (κ1) is 17.9. The lowest BCUT2D eigenvalue weighted by atomic mass is 10.1. The molecule has 0 unspecified atom stereocenters. The summed E-state index contributed by atoms with van der Waals surface area (Å²) in [5.74, 6) is -0.207. The molecular formula is C19H20N4O2S. The van der Waals surface area contributed by atoms with Crippen LogP contribution >= 0.6 is 11.3 Å². The van der Waals surface area contributed by atoms with Crippen LogP contribution in [0, 0.1) is 0 Å². The molecule has 7 heteroatoms. The molecular weight excluding hydrogens is 348 g/mol. The molecule has 3 rings (SSSR count). The number of nitrogens with one attached hydrogen (secondary N) is 3. The van der Waals surface area contributed by atoms with Crippen molar-refractivity contribution in [3.05, 3.63) is 59.7 Å². The largest absolute Gasteiger partial charge is 0.336 e. The van der Waals surface area contributed by atoms with Crippen molar-refractivity contribution in [2.75, 3.05) is 5.32 Å². The van der Waals surface area contributed by atoms with Gasteiger partial charge in [-0.05, 0) is 43.7 Å². The number of amides is 3. The number of rotatable bonds is 5. The zero-order valence-corrected chi connectivity index (χ0v) is 15.4. The molecule has 0 aliphatic rings. The molecule has 134 valence electrons. The van der Waals surface area contributed by atoms with Crippen molar-refractivity contribution in [3.8, 4) is 0 Å². The molecule has 0 spiro atoms. The quantitative estimate of drug-likeness (QED) is 0.641. The normalized spacial score (nSPS) is 10.7. The first-order chi connectivity index (χ1) is 12.5. The average Bonchev–Trinajstić information content (AvgIpc) is 3.02. The van der Waals surface area contributed by atoms with Crippen molar-refractivity contribution in [1.29, 1.82) is 0 Å². The lowest BCUT2D eigenvalue weighted by Gasteiger charge is -2.10. The van der Waals surface area contributed by atoms with Gasteiger partial charge in [0.05, 0.1) is 10.2 Å². The Morgan fingerprint density at radius 2 is 1.81 bits per heavy atom. The van der Waals surface area contributed by atoms with Crippen LogP contribution in [0.4, 0.5) is 9.93 Å². The number of benzene rings is 2. The number of thiazole rings is 1. The summed E-state index contributed by atoms with van der Waals surface area (Å²) in [5.41, 5.74) is 2.33. The second-order valence-electron chi connectivity index (χ2n) is 6.12. The smallest absolute Gasteiger partial charge is 0.315 e. The van der Waals surface area contributed by atoms with Gasteiger partial charge in [0.1, 0.15) is 0 Å². The number of urea groups is 1. The molecule has 0 aliphatic carbocycles. The SMILES string of the molecule is CC(C)NC(=O)NCc1ccc(C(=O)Nc2nc3ccccc3s2)cc1. The van der Waals surface area contributed by atoms with Crippen molar-refractivity contribution in [2.45, 2.75) is 26.4 Å². The Morgan fingerprint density at radius 3 is 2.50 bits per heavy atom. The van der Waals surface area contributed by atoms with Crippen molar-refractivity contribution in [3.63, 3.8) is 0 Å². The molecule has 0 bridgehead atoms. The monoisotopic (exact) mass is 368 g/mol. The van der Waals surface area contributed by atoms with Crippen LogP contribution in [0.15, 0.2) is 48.5 Å². The van der Waals surface area contributed by atoms with E-state index < -0.39 is 0 Å². The van der Waals surface area contributed by atoms with Gasteiger partial charge in [-0.3, -0.25) is 10.1 Å². The lowest BCUT2D eigenvalue weighted by molar-refractivity contribution is 0.102. The molecule has 3 amide bonds. The van der Waals surface area contributed by atoms with Crippen molar-refractivity contribution < 1.29 is 9.59 Å². The van der Waals surface area contributed by atoms with Gasteiger partial charge in [-0.25, -0.2) is 9.78 Å². The Balaban J connectivity index is 1.59. The van der Waals surface area contributed by atoms with Gasteiger partial charge in [0, 0.05) is 18.2 Å². The van der Waals surface area contributed by atoms with Crippen LogP contribution in [0.5, 0.6) is 0 Å². The summed E-state index contributed by atoms with van der Waals surface area (Å²) < 4.78 is 1.03. The summed E-state index contributed by atoms with van der Waals surface area (Å²) in [4.78, 5) is 28.4. The molecule has 0 fully saturated rings. The number of hydrogen-bond donors (Lipinski definition) is 3. The number of anilines is 1. The lowest BCUT2D eigenvalue weighted by Crippen LogP contribution is -2.39. The fourth-order valence-corrected chi connectivity index (χ4v) is 3.23. The summed E-state index contributed by atoms with van der Waals surface area (Å²) in [6, 6.07) is 14.7. The fourth-order valence-electron chi connectivity index (χ4n) is 2.36. The number of aromatic nitrogens is 1. The maximum atomic E-state index is 12.4. The molecule has 3 N–H and O–H groups in total. The number of nitrogens with zero attached hydrogens (tertiary/aromatic N) is 1. The van der Waals surface area contributed by atoms with E-state index >= 15 is 0 Å². The summed E-state index contributed by atoms with van der Waals surface area (Å²) in [5, 5.41) is 8.94. The number of fused-ring (bicyclic) bond motifs is 1. The van der Waals surface area contributed by atoms with Crippen LogP contribution in [0.3, 0.4) is 0 Å². The topological polar surface area (TPSA) is 83.1 Å². The minimum Gasteiger partial charge on any atom is -0.336 e. The molecule has 26 heavy (non-hydrogen) atoms. The summed E-state index contributed by atoms with van der Waals surface area (Å²) in [7, 11) is 0. The zero-order valence-electron chi connectivity index (χ0n) is 14.6. The molecule has 1 heterocycles. The van der Waals surface area contributed by atoms with E-state index in [1.807, 2.05) is 50.2 Å². The Labute approximate surface area is 155 Å². The van der Waals surface area contributed by atoms with E-state index in [2.05, 4.69) is 20.9 Å². The van der Waals surface area contributed by atoms with E-state index in [1.54, 1.807) is 12.1 Å². The maximum absolute atomic E-state index is 12.4. The molecule has 0 radical (unpaired) electrons. The van der Waals surface area contributed by atoms with Crippen LogP contribution in [0.1, 0.15) is 29.8 Å². The van der Waals surface area contributed by atoms with E-state index in [0.717, 1.165) is 15.8 Å². The Morgan fingerprint density at radius 1 is 1.08 bits per heavy atom. The third kappa shape index (κ3) is 4.58. The molecule has 3 aromatic rings. The van der Waals surface area contributed by atoms with Gasteiger partial charge >= 0.3 is 6.03 Å². The molecule has 6 nitrogen and oxygen atoms in total. The maximum Gasteiger partial charge on any atom is 0.315 e. The van der Waals surface area contributed by atoms with E-state index in [0.29, 0.717) is 17.2 Å². The minimum absolute atomic E-state index is 0.0866. The number of carbonyl (C=O) groups excluding carboxylic acids is 2. The second-order valence-corrected chi connectivity index (χ2v) is 7.15. The van der Waals surface area contributed by atoms with Gasteiger partial charge in [-0.15, -0.1) is 0 Å². The van der Waals surface area contributed by atoms with Gasteiger partial charge in [-0.1, -0.05) is 35.6 Å². The summed E-state index contributed by atoms with van der Waals surface area (Å²) in [6.07, 6.45) is 0. The first-order valence-corrected chi connectivity index (χ1v) is 9.13. The van der Waals surface area contributed by atoms with Gasteiger partial charge < -0.3 is 10.6 Å². The highest BCUT2D eigenvalue weighted by molar-refractivity contribution is 7.22. The number of hydrogen-bond acceptors (Lipinski definition) is 4. The van der Waals surface area contributed by atoms with E-state index in [-0.39, 0.29) is 18.0 Å². The third-order valence-electron chi connectivity index (χ3n) is 3.60. The van der Waals surface area contributed by atoms with Crippen LogP contribution in [0.2, 0.25) is 0 Å². The second kappa shape index (κ2) is 7.97. The van der Waals surface area contributed by atoms with Gasteiger partial charge in [-0.2, -0.15) is 0 Å². The Bertz CT molecular complexity index is 886. The zero-order chi connectivity index (χ0) is 18.5. The Kier molecular flexibility index (Phi) is 5.48. The van der Waals surface area contributed by atoms with Crippen LogP contribution in [-0.2, 0) is 6.54 Å². The highest BCUT2D eigenvalue weighted by Gasteiger charge is 2.10. The predicted molar refractivity (Wildman–Crippen MR) is 105 cm³/mol. The van der Waals surface area contributed by atoms with Crippen LogP contribution in [0.25, 0.3) is 10.2 Å². The minimum atomic E-state index is -0.211. The summed E-state index contributed by atoms with van der Waals surface area (Å²) >= 11 is 1.44. The van der Waals surface area contributed by atoms with Crippen molar-refractivity contribution in [1.82, 2.24) is 15.6 Å². The number of carbonyl (C=O) groups is 2. The first-order valence-electron chi connectivity index (χ1n) is 8.31. The van der Waals surface area contributed by atoms with Crippen LogP contribution < -0.4 is 16.0 Å². The van der Waals surface area contributed by atoms with Crippen molar-refractivity contribution >= 4 is 38.6 Å². The molecule has 1 aromatic heterocycles. The van der Waals surface area contributed by atoms with E-state index in [1.165, 1.54) is 11.3 Å². The van der Waals surface area contributed by atoms with E-state index in [9.17, 15) is 9.59 Å². The standard InChI is InChI=1S/C19H20N4O2S/c1-12(2)21-18(25)20-11-13-7-9-14(10-8-13)17(24)23-19-22-15-5-3-4-6-16(15)26-19/h3-10,12H,11H2,1-2H3,(H2,20,21,25)(H,22,23,24). The van der Waals surface area contributed by atoms with Crippen molar-refractivity contribution in [2.24, 2.45) is 0 Å². The molecule has 2 aromatic carbocycles. The van der Waals surface area contributed by atoms with Crippen LogP contribution in [-0.4, -0.2) is 23.0 Å². The highest BCUT2D eigenvalue weighted by Crippen LogP contribution is 2.25. The average molecular weight is 368 g/mol. The molecule has 0 atom stereocenters. The van der Waals surface area contributed by atoms with Gasteiger partial charge in [0.2, 0.25) is 0 Å². The predicted octanol–water partition coefficient (Wildman–Crippen LogP) is 3.76. The number of para-hydroxylation sites is 1. The third-order valence-corrected chi connectivity index (χ3v) is 4.56. The highest BCUT2D eigenvalue weighted by atomic mass is 32.1. The van der Waals surface area contributed by atoms with E-state index in [4.69, 9.17) is 0 Å². The van der Waals surface area contributed by atoms with Gasteiger partial charge in [0.15, 0.2) is 5.13 Å². The van der Waals surface area contributed by atoms with Gasteiger partial charge in [0.25, 0.3) is 5.91 Å². The summed E-state index contributed by atoms with van der Waals surface area (Å²) in [6.45, 7) is 4.20. The molecule has 0 aliphatic heterocycles. The molecule has 0 saturated heterocycles.